The van der Waals surface area contributed by atoms with E-state index in [0.29, 0.717) is 0 Å². The molecule has 2 aromatic rings. The van der Waals surface area contributed by atoms with Gasteiger partial charge in [0.05, 0.1) is 0 Å². The number of fused-ring (bicyclic) bond motifs is 3. The summed E-state index contributed by atoms with van der Waals surface area (Å²) in [6.45, 7) is 2.01. The molecule has 0 heterocycles. The monoisotopic (exact) mass is 448 g/mol. The summed E-state index contributed by atoms with van der Waals surface area (Å²) in [6, 6.07) is 16.2. The minimum Gasteiger partial charge on any atom is -0.449 e. The fourth-order valence-corrected chi connectivity index (χ4v) is 5.27. The molecule has 2 aliphatic rings. The van der Waals surface area contributed by atoms with Crippen LogP contribution in [0.4, 0.5) is 4.79 Å². The summed E-state index contributed by atoms with van der Waals surface area (Å²) in [5.74, 6) is -0.749. The van der Waals surface area contributed by atoms with Crippen LogP contribution in [-0.4, -0.2) is 37.5 Å². The molecule has 1 fully saturated rings. The van der Waals surface area contributed by atoms with Crippen LogP contribution in [0.15, 0.2) is 48.5 Å². The van der Waals surface area contributed by atoms with E-state index in [1.807, 2.05) is 24.3 Å². The van der Waals surface area contributed by atoms with Gasteiger partial charge in [-0.2, -0.15) is 0 Å². The molecule has 2 aromatic carbocycles. The van der Waals surface area contributed by atoms with E-state index in [0.717, 1.165) is 25.7 Å². The fraction of sp³-hybridized carbons (Fsp3) is 0.444. The van der Waals surface area contributed by atoms with E-state index in [9.17, 15) is 14.4 Å². The van der Waals surface area contributed by atoms with Gasteiger partial charge in [-0.25, -0.2) is 4.79 Å². The van der Waals surface area contributed by atoms with Crippen molar-refractivity contribution in [1.82, 2.24) is 10.6 Å². The third kappa shape index (κ3) is 4.95. The largest absolute Gasteiger partial charge is 0.449 e. The van der Waals surface area contributed by atoms with Crippen LogP contribution in [0.2, 0.25) is 0 Å². The Balaban J connectivity index is 1.38. The summed E-state index contributed by atoms with van der Waals surface area (Å²) in [7, 11) is 1.57. The zero-order valence-corrected chi connectivity index (χ0v) is 19.3. The number of hydrogen-bond donors (Lipinski definition) is 2. The van der Waals surface area contributed by atoms with Gasteiger partial charge in [0, 0.05) is 37.3 Å². The molecule has 0 radical (unpaired) electrons. The molecule has 0 aromatic heterocycles. The van der Waals surface area contributed by atoms with E-state index in [-0.39, 0.29) is 48.5 Å². The number of alkyl carbamates (subject to hydrolysis) is 1. The molecule has 3 atom stereocenters. The second-order valence-electron chi connectivity index (χ2n) is 9.15. The van der Waals surface area contributed by atoms with Crippen molar-refractivity contribution in [2.24, 2.45) is 11.8 Å². The minimum atomic E-state index is -0.485. The Kier molecular flexibility index (Phi) is 7.11. The smallest absolute Gasteiger partial charge is 0.407 e. The van der Waals surface area contributed by atoms with Crippen LogP contribution in [0.25, 0.3) is 11.1 Å². The first-order chi connectivity index (χ1) is 16.0. The van der Waals surface area contributed by atoms with Gasteiger partial charge in [0.25, 0.3) is 0 Å². The molecule has 1 saturated carbocycles. The third-order valence-electron chi connectivity index (χ3n) is 7.03. The van der Waals surface area contributed by atoms with Crippen molar-refractivity contribution < 1.29 is 19.1 Å². The Morgan fingerprint density at radius 1 is 0.970 bits per heavy atom. The number of rotatable bonds is 7. The first-order valence-electron chi connectivity index (χ1n) is 11.9. The number of Topliss-reactive ketones (excluding diaryl/α,β-unsaturated/α-hetero) is 1. The van der Waals surface area contributed by atoms with Gasteiger partial charge >= 0.3 is 6.09 Å². The van der Waals surface area contributed by atoms with Gasteiger partial charge in [-0.3, -0.25) is 9.59 Å². The molecule has 4 rings (SSSR count). The summed E-state index contributed by atoms with van der Waals surface area (Å²) in [6.07, 6.45) is 3.09. The highest BCUT2D eigenvalue weighted by atomic mass is 16.5. The Hall–Kier alpha value is -3.15. The normalized spacial score (nSPS) is 20.3. The maximum Gasteiger partial charge on any atom is 0.407 e. The van der Waals surface area contributed by atoms with Gasteiger partial charge in [0.1, 0.15) is 12.4 Å². The average molecular weight is 449 g/mol. The fourth-order valence-electron chi connectivity index (χ4n) is 5.27. The molecule has 3 unspecified atom stereocenters. The Morgan fingerprint density at radius 3 is 2.21 bits per heavy atom. The van der Waals surface area contributed by atoms with Gasteiger partial charge in [-0.1, -0.05) is 68.3 Å². The zero-order chi connectivity index (χ0) is 23.4. The summed E-state index contributed by atoms with van der Waals surface area (Å²) in [4.78, 5) is 37.4. The van der Waals surface area contributed by atoms with Gasteiger partial charge in [0.2, 0.25) is 5.91 Å². The van der Waals surface area contributed by atoms with Crippen LogP contribution < -0.4 is 10.6 Å². The van der Waals surface area contributed by atoms with Crippen molar-refractivity contribution >= 4 is 17.8 Å². The quantitative estimate of drug-likeness (QED) is 0.657. The van der Waals surface area contributed by atoms with Gasteiger partial charge in [0.15, 0.2) is 0 Å². The van der Waals surface area contributed by atoms with Crippen LogP contribution >= 0.6 is 0 Å². The SMILES string of the molecule is CNC(=O)C(C)CC(=O)C1CCCCC1NC(=O)OCC1c2ccccc2-c2ccccc21. The predicted molar refractivity (Wildman–Crippen MR) is 127 cm³/mol. The highest BCUT2D eigenvalue weighted by Gasteiger charge is 2.34. The number of nitrogens with one attached hydrogen (secondary N) is 2. The number of carbonyl (C=O) groups is 3. The topological polar surface area (TPSA) is 84.5 Å². The van der Waals surface area contributed by atoms with Crippen molar-refractivity contribution in [2.45, 2.75) is 51.0 Å². The van der Waals surface area contributed by atoms with E-state index in [4.69, 9.17) is 4.74 Å². The number of carbonyl (C=O) groups excluding carboxylic acids is 3. The molecule has 0 bridgehead atoms. The Labute approximate surface area is 195 Å². The number of benzene rings is 2. The maximum absolute atomic E-state index is 12.9. The van der Waals surface area contributed by atoms with E-state index in [2.05, 4.69) is 34.9 Å². The number of ketones is 1. The van der Waals surface area contributed by atoms with Crippen LogP contribution in [-0.2, 0) is 14.3 Å². The molecule has 174 valence electrons. The molecule has 0 spiro atoms. The lowest BCUT2D eigenvalue weighted by atomic mass is 9.79. The zero-order valence-electron chi connectivity index (χ0n) is 19.3. The minimum absolute atomic E-state index is 0.000315. The third-order valence-corrected chi connectivity index (χ3v) is 7.03. The van der Waals surface area contributed by atoms with Crippen molar-refractivity contribution in [1.29, 1.82) is 0 Å². The van der Waals surface area contributed by atoms with Crippen LogP contribution in [0.1, 0.15) is 56.1 Å². The van der Waals surface area contributed by atoms with E-state index >= 15 is 0 Å². The van der Waals surface area contributed by atoms with Gasteiger partial charge in [-0.05, 0) is 35.1 Å². The summed E-state index contributed by atoms with van der Waals surface area (Å²) in [5.41, 5.74) is 4.70. The Morgan fingerprint density at radius 2 is 1.58 bits per heavy atom. The van der Waals surface area contributed by atoms with Crippen LogP contribution in [0, 0.1) is 11.8 Å². The number of ether oxygens (including phenoxy) is 1. The highest BCUT2D eigenvalue weighted by molar-refractivity contribution is 5.88. The van der Waals surface area contributed by atoms with E-state index in [1.165, 1.54) is 22.3 Å². The van der Waals surface area contributed by atoms with Crippen LogP contribution in [0.5, 0.6) is 0 Å². The molecule has 2 amide bonds. The number of hydrogen-bond acceptors (Lipinski definition) is 4. The summed E-state index contributed by atoms with van der Waals surface area (Å²) >= 11 is 0. The van der Waals surface area contributed by atoms with Crippen molar-refractivity contribution in [3.63, 3.8) is 0 Å². The predicted octanol–water partition coefficient (Wildman–Crippen LogP) is 4.43. The van der Waals surface area contributed by atoms with Crippen molar-refractivity contribution in [3.8, 4) is 11.1 Å². The van der Waals surface area contributed by atoms with Crippen molar-refractivity contribution in [2.75, 3.05) is 13.7 Å². The van der Waals surface area contributed by atoms with Crippen LogP contribution in [0.3, 0.4) is 0 Å². The first kappa shape index (κ1) is 23.0. The standard InChI is InChI=1S/C27H32N2O4/c1-17(26(31)28-2)15-25(30)22-13-7-8-14-24(22)29-27(32)33-16-23-20-11-5-3-9-18(20)19-10-4-6-12-21(19)23/h3-6,9-12,17,22-24H,7-8,13-16H2,1-2H3,(H,28,31)(H,29,32). The lowest BCUT2D eigenvalue weighted by Crippen LogP contribution is -2.46. The van der Waals surface area contributed by atoms with E-state index in [1.54, 1.807) is 14.0 Å². The van der Waals surface area contributed by atoms with Gasteiger partial charge < -0.3 is 15.4 Å². The molecule has 2 N–H and O–H groups in total. The summed E-state index contributed by atoms with van der Waals surface area (Å²) < 4.78 is 5.68. The number of amides is 2. The lowest BCUT2D eigenvalue weighted by molar-refractivity contribution is -0.131. The molecule has 0 saturated heterocycles. The molecule has 2 aliphatic carbocycles. The second kappa shape index (κ2) is 10.2. The van der Waals surface area contributed by atoms with E-state index < -0.39 is 6.09 Å². The first-order valence-corrected chi connectivity index (χ1v) is 11.9. The molecule has 6 heteroatoms. The average Bonchev–Trinajstić information content (AvgIpc) is 3.16. The summed E-state index contributed by atoms with van der Waals surface area (Å²) in [5, 5.41) is 5.55. The lowest BCUT2D eigenvalue weighted by Gasteiger charge is -2.31. The second-order valence-corrected chi connectivity index (χ2v) is 9.15. The highest BCUT2D eigenvalue weighted by Crippen LogP contribution is 2.44. The molecular weight excluding hydrogens is 416 g/mol. The molecule has 0 aliphatic heterocycles. The van der Waals surface area contributed by atoms with Gasteiger partial charge in [-0.15, -0.1) is 0 Å². The maximum atomic E-state index is 12.9. The van der Waals surface area contributed by atoms with Crippen molar-refractivity contribution in [3.05, 3.63) is 59.7 Å². The molecule has 6 nitrogen and oxygen atoms in total. The molecule has 33 heavy (non-hydrogen) atoms. The molecular formula is C27H32N2O4. The Bertz CT molecular complexity index is 989.